The van der Waals surface area contributed by atoms with Crippen molar-refractivity contribution in [2.24, 2.45) is 0 Å². The van der Waals surface area contributed by atoms with E-state index in [2.05, 4.69) is 67.9 Å². The lowest BCUT2D eigenvalue weighted by Crippen LogP contribution is -2.06. The minimum atomic E-state index is 0.383. The quantitative estimate of drug-likeness (QED) is 0.147. The first kappa shape index (κ1) is 38.0. The van der Waals surface area contributed by atoms with Gasteiger partial charge in [0.25, 0.3) is 0 Å². The van der Waals surface area contributed by atoms with Crippen LogP contribution in [0, 0.1) is 0 Å². The van der Waals surface area contributed by atoms with Gasteiger partial charge in [0.15, 0.2) is 23.3 Å². The molecule has 13 rings (SSSR count). The summed E-state index contributed by atoms with van der Waals surface area (Å²) >= 11 is 0. The number of hydrogen-bond acceptors (Lipinski definition) is 9. The zero-order valence-corrected chi connectivity index (χ0v) is 35.5. The van der Waals surface area contributed by atoms with Crippen LogP contribution in [0.4, 0.5) is 0 Å². The minimum Gasteiger partial charge on any atom is -0.416 e. The lowest BCUT2D eigenvalue weighted by Gasteiger charge is -2.11. The highest BCUT2D eigenvalue weighted by atomic mass is 16.4. The van der Waals surface area contributed by atoms with E-state index in [0.717, 1.165) is 77.0 Å². The summed E-state index contributed by atoms with van der Waals surface area (Å²) in [6.45, 7) is 0. The zero-order chi connectivity index (χ0) is 44.3. The van der Waals surface area contributed by atoms with E-state index in [-0.39, 0.29) is 0 Å². The first-order chi connectivity index (χ1) is 33.2. The van der Waals surface area contributed by atoms with Gasteiger partial charge in [-0.2, -0.15) is 19.9 Å². The van der Waals surface area contributed by atoms with Crippen LogP contribution >= 0.6 is 0 Å². The van der Waals surface area contributed by atoms with Crippen molar-refractivity contribution >= 4 is 43.6 Å². The van der Waals surface area contributed by atoms with E-state index in [4.69, 9.17) is 34.3 Å². The summed E-state index contributed by atoms with van der Waals surface area (Å²) in [6.07, 6.45) is 0. The molecule has 0 spiro atoms. The Bertz CT molecular complexity index is 3860. The summed E-state index contributed by atoms with van der Waals surface area (Å²) < 4.78 is 10.7. The van der Waals surface area contributed by atoms with Gasteiger partial charge in [0.1, 0.15) is 0 Å². The molecule has 0 aliphatic heterocycles. The fraction of sp³-hybridized carbons (Fsp3) is 0. The maximum Gasteiger partial charge on any atom is 0.248 e. The van der Waals surface area contributed by atoms with Crippen molar-refractivity contribution in [1.29, 1.82) is 0 Å². The van der Waals surface area contributed by atoms with Gasteiger partial charge in [-0.1, -0.05) is 164 Å². The zero-order valence-electron chi connectivity index (χ0n) is 35.5. The molecule has 67 heavy (non-hydrogen) atoms. The fourth-order valence-corrected chi connectivity index (χ4v) is 8.89. The highest BCUT2D eigenvalue weighted by Gasteiger charge is 2.22. The van der Waals surface area contributed by atoms with Crippen LogP contribution in [-0.2, 0) is 0 Å². The van der Waals surface area contributed by atoms with E-state index in [9.17, 15) is 0 Å². The molecule has 0 saturated heterocycles. The highest BCUT2D eigenvalue weighted by molar-refractivity contribution is 6.11. The van der Waals surface area contributed by atoms with E-state index < -0.39 is 0 Å². The Morgan fingerprint density at radius 3 is 1.10 bits per heavy atom. The fourth-order valence-electron chi connectivity index (χ4n) is 8.89. The number of fused-ring (bicyclic) bond motifs is 6. The van der Waals surface area contributed by atoms with Crippen LogP contribution in [0.25, 0.3) is 124 Å². The molecule has 11 heteroatoms. The highest BCUT2D eigenvalue weighted by Crippen LogP contribution is 2.38. The predicted molar refractivity (Wildman–Crippen MR) is 262 cm³/mol. The molecule has 5 aromatic heterocycles. The lowest BCUT2D eigenvalue weighted by molar-refractivity contribution is 0.585. The Balaban J connectivity index is 0.926. The SMILES string of the molecule is c1ccc(-c2nc(-c3ccccc3)nc(-n3c4ccccc4c4cc(-c5nnc(-c6ccc7c8ccccc8n(-c8nc(-c9ccccc9)nc(-c9ccccc9)n8)c7c6)o5)ccc43)n2)cc1. The molecule has 5 heterocycles. The van der Waals surface area contributed by atoms with Gasteiger partial charge in [-0.15, -0.1) is 10.2 Å². The van der Waals surface area contributed by atoms with Crippen LogP contribution in [0.3, 0.4) is 0 Å². The van der Waals surface area contributed by atoms with Gasteiger partial charge in [-0.25, -0.2) is 9.97 Å². The van der Waals surface area contributed by atoms with Crippen molar-refractivity contribution in [3.63, 3.8) is 0 Å². The van der Waals surface area contributed by atoms with Gasteiger partial charge >= 0.3 is 0 Å². The molecule has 13 aromatic rings. The standard InChI is InChI=1S/C56H34N10O/c1-5-17-35(18-6-1)49-57-50(36-19-7-2-8-20-36)60-55(59-49)65-46-28-16-14-26-42(46)44-33-39(30-32-47(44)65)53-63-64-54(67-53)40-29-31-43-41-25-13-15-27-45(41)66(48(43)34-40)56-61-51(37-21-9-3-10-22-37)58-52(62-56)38-23-11-4-12-24-38/h1-34H. The van der Waals surface area contributed by atoms with E-state index in [1.165, 1.54) is 0 Å². The third kappa shape index (κ3) is 6.60. The molecular weight excluding hydrogens is 829 g/mol. The second kappa shape index (κ2) is 15.6. The molecule has 0 fully saturated rings. The Hall–Kier alpha value is -9.48. The smallest absolute Gasteiger partial charge is 0.248 e. The Labute approximate surface area is 382 Å². The molecule has 0 aliphatic carbocycles. The molecular formula is C56H34N10O. The maximum atomic E-state index is 6.55. The van der Waals surface area contributed by atoms with Crippen molar-refractivity contribution < 1.29 is 4.42 Å². The second-order valence-electron chi connectivity index (χ2n) is 16.1. The molecule has 0 N–H and O–H groups in total. The van der Waals surface area contributed by atoms with Crippen molar-refractivity contribution in [1.82, 2.24) is 49.2 Å². The Morgan fingerprint density at radius 2 is 0.627 bits per heavy atom. The number of benzene rings is 8. The lowest BCUT2D eigenvalue weighted by atomic mass is 10.1. The van der Waals surface area contributed by atoms with Gasteiger partial charge in [0.05, 0.1) is 22.1 Å². The number of rotatable bonds is 8. The topological polar surface area (TPSA) is 126 Å². The molecule has 0 atom stereocenters. The van der Waals surface area contributed by atoms with Crippen molar-refractivity contribution in [3.05, 3.63) is 206 Å². The van der Waals surface area contributed by atoms with E-state index >= 15 is 0 Å². The van der Waals surface area contributed by atoms with Crippen molar-refractivity contribution in [2.45, 2.75) is 0 Å². The van der Waals surface area contributed by atoms with Crippen LogP contribution in [0.1, 0.15) is 0 Å². The monoisotopic (exact) mass is 862 g/mol. The summed E-state index contributed by atoms with van der Waals surface area (Å²) in [7, 11) is 0. The maximum absolute atomic E-state index is 6.55. The Kier molecular flexibility index (Phi) is 8.88. The van der Waals surface area contributed by atoms with Crippen LogP contribution in [0.2, 0.25) is 0 Å². The van der Waals surface area contributed by atoms with E-state index in [0.29, 0.717) is 47.0 Å². The molecule has 8 aromatic carbocycles. The van der Waals surface area contributed by atoms with Crippen LogP contribution in [0.15, 0.2) is 211 Å². The van der Waals surface area contributed by atoms with Gasteiger partial charge in [-0.3, -0.25) is 9.13 Å². The first-order valence-corrected chi connectivity index (χ1v) is 21.9. The Morgan fingerprint density at radius 1 is 0.269 bits per heavy atom. The molecule has 0 amide bonds. The second-order valence-corrected chi connectivity index (χ2v) is 16.1. The van der Waals surface area contributed by atoms with Crippen LogP contribution in [0.5, 0.6) is 0 Å². The molecule has 11 nitrogen and oxygen atoms in total. The summed E-state index contributed by atoms with van der Waals surface area (Å²) in [5.41, 5.74) is 8.86. The average Bonchev–Trinajstić information content (AvgIpc) is 4.12. The van der Waals surface area contributed by atoms with Gasteiger partial charge in [0, 0.05) is 54.9 Å². The van der Waals surface area contributed by atoms with E-state index in [1.807, 2.05) is 158 Å². The van der Waals surface area contributed by atoms with Crippen LogP contribution < -0.4 is 0 Å². The molecule has 0 aliphatic rings. The van der Waals surface area contributed by atoms with Crippen LogP contribution in [-0.4, -0.2) is 49.2 Å². The first-order valence-electron chi connectivity index (χ1n) is 21.9. The van der Waals surface area contributed by atoms with Gasteiger partial charge in [0.2, 0.25) is 23.7 Å². The summed E-state index contributed by atoms with van der Waals surface area (Å²) in [6, 6.07) is 68.9. The van der Waals surface area contributed by atoms with Gasteiger partial charge in [-0.05, 0) is 42.5 Å². The molecule has 0 saturated carbocycles. The molecule has 0 bridgehead atoms. The molecule has 314 valence electrons. The van der Waals surface area contributed by atoms with Gasteiger partial charge < -0.3 is 4.42 Å². The number of nitrogens with zero attached hydrogens (tertiary/aromatic N) is 10. The average molecular weight is 863 g/mol. The molecule has 0 unspecified atom stereocenters. The summed E-state index contributed by atoms with van der Waals surface area (Å²) in [5.74, 6) is 4.13. The number of hydrogen-bond donors (Lipinski definition) is 0. The third-order valence-corrected chi connectivity index (χ3v) is 12.0. The number of aromatic nitrogens is 10. The van der Waals surface area contributed by atoms with E-state index in [1.54, 1.807) is 0 Å². The normalized spacial score (nSPS) is 11.6. The van der Waals surface area contributed by atoms with Crippen molar-refractivity contribution in [3.8, 4) is 80.4 Å². The number of para-hydroxylation sites is 2. The third-order valence-electron chi connectivity index (χ3n) is 12.0. The molecule has 0 radical (unpaired) electrons. The van der Waals surface area contributed by atoms with Crippen molar-refractivity contribution in [2.75, 3.05) is 0 Å². The summed E-state index contributed by atoms with van der Waals surface area (Å²) in [4.78, 5) is 30.2. The minimum absolute atomic E-state index is 0.383. The summed E-state index contributed by atoms with van der Waals surface area (Å²) in [5, 5.41) is 13.3. The predicted octanol–water partition coefficient (Wildman–Crippen LogP) is 12.6. The largest absolute Gasteiger partial charge is 0.416 e.